The van der Waals surface area contributed by atoms with Crippen LogP contribution in [0.3, 0.4) is 0 Å². The fourth-order valence-corrected chi connectivity index (χ4v) is 3.21. The zero-order valence-corrected chi connectivity index (χ0v) is 18.4. The lowest BCUT2D eigenvalue weighted by atomic mass is 10.0. The summed E-state index contributed by atoms with van der Waals surface area (Å²) < 4.78 is 5.72. The SMILES string of the molecule is Cc1ccc(OCc2nc(CC(=O)NC(CN)CC(C)C)cs2)cc1.Cl.Cl. The number of ether oxygens (including phenoxy) is 1. The van der Waals surface area contributed by atoms with Gasteiger partial charge in [0.05, 0.1) is 12.1 Å². The number of amides is 1. The van der Waals surface area contributed by atoms with Gasteiger partial charge in [0.2, 0.25) is 5.91 Å². The number of rotatable bonds is 9. The molecule has 5 nitrogen and oxygen atoms in total. The van der Waals surface area contributed by atoms with Crippen LogP contribution >= 0.6 is 36.2 Å². The van der Waals surface area contributed by atoms with E-state index in [-0.39, 0.29) is 43.2 Å². The molecule has 1 aromatic carbocycles. The number of hydrogen-bond acceptors (Lipinski definition) is 5. The van der Waals surface area contributed by atoms with Crippen molar-refractivity contribution in [3.63, 3.8) is 0 Å². The van der Waals surface area contributed by atoms with Gasteiger partial charge in [-0.3, -0.25) is 4.79 Å². The van der Waals surface area contributed by atoms with Crippen LogP contribution in [0.25, 0.3) is 0 Å². The largest absolute Gasteiger partial charge is 0.486 e. The minimum absolute atomic E-state index is 0. The molecule has 2 aromatic rings. The van der Waals surface area contributed by atoms with E-state index in [4.69, 9.17) is 10.5 Å². The predicted molar refractivity (Wildman–Crippen MR) is 116 cm³/mol. The highest BCUT2D eigenvalue weighted by Crippen LogP contribution is 2.16. The van der Waals surface area contributed by atoms with Gasteiger partial charge in [0.15, 0.2) is 0 Å². The number of nitrogens with two attached hydrogens (primary N) is 1. The maximum atomic E-state index is 12.2. The Morgan fingerprint density at radius 3 is 2.52 bits per heavy atom. The van der Waals surface area contributed by atoms with Gasteiger partial charge in [-0.15, -0.1) is 36.2 Å². The van der Waals surface area contributed by atoms with Gasteiger partial charge in [-0.2, -0.15) is 0 Å². The Balaban J connectivity index is 0.00000338. The molecule has 2 rings (SSSR count). The molecule has 1 unspecified atom stereocenters. The summed E-state index contributed by atoms with van der Waals surface area (Å²) in [7, 11) is 0. The Hall–Kier alpha value is -1.34. The zero-order valence-electron chi connectivity index (χ0n) is 15.9. The highest BCUT2D eigenvalue weighted by Gasteiger charge is 2.14. The van der Waals surface area contributed by atoms with Crippen molar-refractivity contribution in [2.24, 2.45) is 11.7 Å². The average molecular weight is 434 g/mol. The number of nitrogens with zero attached hydrogens (tertiary/aromatic N) is 1. The molecule has 0 fully saturated rings. The minimum Gasteiger partial charge on any atom is -0.486 e. The lowest BCUT2D eigenvalue weighted by molar-refractivity contribution is -0.121. The molecule has 0 aliphatic heterocycles. The van der Waals surface area contributed by atoms with Crippen molar-refractivity contribution < 1.29 is 9.53 Å². The Morgan fingerprint density at radius 2 is 1.93 bits per heavy atom. The van der Waals surface area contributed by atoms with Crippen LogP contribution in [0.2, 0.25) is 0 Å². The van der Waals surface area contributed by atoms with Gasteiger partial charge in [-0.1, -0.05) is 31.5 Å². The molecule has 0 aliphatic carbocycles. The highest BCUT2D eigenvalue weighted by atomic mass is 35.5. The number of hydrogen-bond donors (Lipinski definition) is 2. The molecule has 8 heteroatoms. The third-order valence-corrected chi connectivity index (χ3v) is 4.60. The van der Waals surface area contributed by atoms with E-state index < -0.39 is 0 Å². The van der Waals surface area contributed by atoms with Crippen LogP contribution in [0.1, 0.15) is 36.5 Å². The molecule has 1 heterocycles. The summed E-state index contributed by atoms with van der Waals surface area (Å²) in [6, 6.07) is 7.93. The molecule has 1 amide bonds. The molecular weight excluding hydrogens is 405 g/mol. The zero-order chi connectivity index (χ0) is 18.2. The van der Waals surface area contributed by atoms with Gasteiger partial charge in [-0.25, -0.2) is 4.98 Å². The third kappa shape index (κ3) is 9.42. The number of carbonyl (C=O) groups is 1. The highest BCUT2D eigenvalue weighted by molar-refractivity contribution is 7.09. The van der Waals surface area contributed by atoms with Crippen LogP contribution in [0.15, 0.2) is 29.6 Å². The Labute approximate surface area is 177 Å². The van der Waals surface area contributed by atoms with Crippen molar-refractivity contribution in [1.29, 1.82) is 0 Å². The van der Waals surface area contributed by atoms with Crippen molar-refractivity contribution in [2.75, 3.05) is 6.54 Å². The molecule has 0 saturated heterocycles. The molecule has 152 valence electrons. The van der Waals surface area contributed by atoms with E-state index >= 15 is 0 Å². The first kappa shape index (κ1) is 25.7. The summed E-state index contributed by atoms with van der Waals surface area (Å²) >= 11 is 1.51. The van der Waals surface area contributed by atoms with Crippen molar-refractivity contribution in [3.8, 4) is 5.75 Å². The van der Waals surface area contributed by atoms with Gasteiger partial charge in [0.1, 0.15) is 17.4 Å². The van der Waals surface area contributed by atoms with E-state index in [1.165, 1.54) is 16.9 Å². The molecule has 0 bridgehead atoms. The van der Waals surface area contributed by atoms with E-state index in [2.05, 4.69) is 24.1 Å². The summed E-state index contributed by atoms with van der Waals surface area (Å²) in [5, 5.41) is 5.76. The van der Waals surface area contributed by atoms with Gasteiger partial charge < -0.3 is 15.8 Å². The molecule has 27 heavy (non-hydrogen) atoms. The molecule has 1 atom stereocenters. The van der Waals surface area contributed by atoms with Crippen LogP contribution in [-0.4, -0.2) is 23.5 Å². The van der Waals surface area contributed by atoms with E-state index in [0.717, 1.165) is 22.9 Å². The van der Waals surface area contributed by atoms with Crippen LogP contribution in [-0.2, 0) is 17.8 Å². The Bertz CT molecular complexity index is 678. The van der Waals surface area contributed by atoms with E-state index in [0.29, 0.717) is 19.1 Å². The topological polar surface area (TPSA) is 77.2 Å². The van der Waals surface area contributed by atoms with Crippen LogP contribution in [0.5, 0.6) is 5.75 Å². The Kier molecular flexibility index (Phi) is 12.3. The van der Waals surface area contributed by atoms with E-state index in [1.54, 1.807) is 0 Å². The quantitative estimate of drug-likeness (QED) is 0.628. The van der Waals surface area contributed by atoms with Crippen LogP contribution in [0, 0.1) is 12.8 Å². The normalized spacial score (nSPS) is 11.3. The van der Waals surface area contributed by atoms with Gasteiger partial charge in [0, 0.05) is 18.0 Å². The number of nitrogens with one attached hydrogen (secondary N) is 1. The second-order valence-corrected chi connectivity index (χ2v) is 7.58. The van der Waals surface area contributed by atoms with E-state index in [9.17, 15) is 4.79 Å². The average Bonchev–Trinajstić information content (AvgIpc) is 3.00. The second kappa shape index (κ2) is 12.9. The summed E-state index contributed by atoms with van der Waals surface area (Å²) in [5.41, 5.74) is 7.69. The first-order valence-electron chi connectivity index (χ1n) is 8.58. The standard InChI is InChI=1S/C19H27N3O2S.2ClH/c1-13(2)8-15(10-20)21-18(23)9-16-12-25-19(22-16)11-24-17-6-4-14(3)5-7-17;;/h4-7,12-13,15H,8-11,20H2,1-3H3,(H,21,23);2*1H. The smallest absolute Gasteiger partial charge is 0.226 e. The van der Waals surface area contributed by atoms with Gasteiger partial charge in [0.25, 0.3) is 0 Å². The molecule has 0 aliphatic rings. The molecule has 0 radical (unpaired) electrons. The lowest BCUT2D eigenvalue weighted by Crippen LogP contribution is -2.41. The number of halogens is 2. The fraction of sp³-hybridized carbons (Fsp3) is 0.474. The predicted octanol–water partition coefficient (Wildman–Crippen LogP) is 3.91. The number of aryl methyl sites for hydroxylation is 1. The number of benzene rings is 1. The molecule has 1 aromatic heterocycles. The number of carbonyl (C=O) groups excluding carboxylic acids is 1. The molecule has 3 N–H and O–H groups in total. The maximum Gasteiger partial charge on any atom is 0.226 e. The fourth-order valence-electron chi connectivity index (χ4n) is 2.50. The molecule has 0 saturated carbocycles. The second-order valence-electron chi connectivity index (χ2n) is 6.64. The Morgan fingerprint density at radius 1 is 1.26 bits per heavy atom. The van der Waals surface area contributed by atoms with Crippen LogP contribution in [0.4, 0.5) is 0 Å². The monoisotopic (exact) mass is 433 g/mol. The van der Waals surface area contributed by atoms with Crippen molar-refractivity contribution in [2.45, 2.75) is 46.3 Å². The van der Waals surface area contributed by atoms with E-state index in [1.807, 2.05) is 36.6 Å². The summed E-state index contributed by atoms with van der Waals surface area (Å²) in [6.45, 7) is 7.15. The van der Waals surface area contributed by atoms with Crippen molar-refractivity contribution >= 4 is 42.1 Å². The maximum absolute atomic E-state index is 12.2. The lowest BCUT2D eigenvalue weighted by Gasteiger charge is -2.18. The van der Waals surface area contributed by atoms with Gasteiger partial charge in [-0.05, 0) is 31.4 Å². The third-order valence-electron chi connectivity index (χ3n) is 3.73. The first-order valence-corrected chi connectivity index (χ1v) is 9.46. The molecule has 0 spiro atoms. The van der Waals surface area contributed by atoms with Crippen molar-refractivity contribution in [3.05, 3.63) is 45.9 Å². The minimum atomic E-state index is -0.0348. The summed E-state index contributed by atoms with van der Waals surface area (Å²) in [6.07, 6.45) is 1.16. The first-order chi connectivity index (χ1) is 12.0. The number of thiazole rings is 1. The van der Waals surface area contributed by atoms with Gasteiger partial charge >= 0.3 is 0 Å². The van der Waals surface area contributed by atoms with Crippen LogP contribution < -0.4 is 15.8 Å². The summed E-state index contributed by atoms with van der Waals surface area (Å²) in [5.74, 6) is 1.28. The number of aromatic nitrogens is 1. The van der Waals surface area contributed by atoms with Crippen molar-refractivity contribution in [1.82, 2.24) is 10.3 Å². The molecular formula is C19H29Cl2N3O2S. The summed E-state index contributed by atoms with van der Waals surface area (Å²) in [4.78, 5) is 16.6.